The average Bonchev–Trinajstić information content (AvgIpc) is 2.35. The Labute approximate surface area is 123 Å². The van der Waals surface area contributed by atoms with E-state index < -0.39 is 21.0 Å². The average molecular weight is 315 g/mol. The van der Waals surface area contributed by atoms with Gasteiger partial charge >= 0.3 is 0 Å². The standard InChI is InChI=1S/C13H15ClN2O3S/c1-9(20(2,18)19)13(17)16-12-8-11(14)6-5-10(12)4-3-7-15/h5-6,8-9H,7,15H2,1-2H3,(H,16,17). The van der Waals surface area contributed by atoms with Gasteiger partial charge in [0.25, 0.3) is 0 Å². The second-order valence-electron chi connectivity index (χ2n) is 4.16. The van der Waals surface area contributed by atoms with E-state index in [9.17, 15) is 13.2 Å². The van der Waals surface area contributed by atoms with Gasteiger partial charge in [0.1, 0.15) is 5.25 Å². The maximum Gasteiger partial charge on any atom is 0.242 e. The van der Waals surface area contributed by atoms with Crippen molar-refractivity contribution >= 4 is 33.0 Å². The number of nitrogens with one attached hydrogen (secondary N) is 1. The molecule has 0 fully saturated rings. The Balaban J connectivity index is 3.08. The van der Waals surface area contributed by atoms with Crippen LogP contribution in [0.3, 0.4) is 0 Å². The lowest BCUT2D eigenvalue weighted by Gasteiger charge is -2.12. The Hall–Kier alpha value is -1.55. The van der Waals surface area contributed by atoms with Crippen LogP contribution in [0.2, 0.25) is 5.02 Å². The summed E-state index contributed by atoms with van der Waals surface area (Å²) in [5.41, 5.74) is 6.18. The molecule has 0 aliphatic heterocycles. The van der Waals surface area contributed by atoms with Crippen LogP contribution < -0.4 is 11.1 Å². The van der Waals surface area contributed by atoms with Crippen LogP contribution in [0.1, 0.15) is 12.5 Å². The highest BCUT2D eigenvalue weighted by atomic mass is 35.5. The highest BCUT2D eigenvalue weighted by Gasteiger charge is 2.24. The second-order valence-corrected chi connectivity index (χ2v) is 6.96. The Bertz CT molecular complexity index is 675. The second kappa shape index (κ2) is 6.75. The number of amides is 1. The van der Waals surface area contributed by atoms with E-state index in [2.05, 4.69) is 17.2 Å². The van der Waals surface area contributed by atoms with Gasteiger partial charge in [-0.15, -0.1) is 0 Å². The molecule has 3 N–H and O–H groups in total. The first-order valence-electron chi connectivity index (χ1n) is 5.74. The molecule has 5 nitrogen and oxygen atoms in total. The molecule has 0 bridgehead atoms. The smallest absolute Gasteiger partial charge is 0.242 e. The summed E-state index contributed by atoms with van der Waals surface area (Å²) < 4.78 is 22.7. The van der Waals surface area contributed by atoms with Crippen LogP contribution in [0.15, 0.2) is 18.2 Å². The minimum atomic E-state index is -3.46. The van der Waals surface area contributed by atoms with Crippen molar-refractivity contribution < 1.29 is 13.2 Å². The molecule has 0 aromatic heterocycles. The maximum absolute atomic E-state index is 11.9. The molecule has 0 radical (unpaired) electrons. The number of nitrogens with two attached hydrogens (primary N) is 1. The summed E-state index contributed by atoms with van der Waals surface area (Å²) in [4.78, 5) is 11.9. The number of rotatable bonds is 3. The summed E-state index contributed by atoms with van der Waals surface area (Å²) in [6, 6.07) is 4.76. The highest BCUT2D eigenvalue weighted by molar-refractivity contribution is 7.92. The molecule has 0 aliphatic carbocycles. The number of benzene rings is 1. The molecular formula is C13H15ClN2O3S. The summed E-state index contributed by atoms with van der Waals surface area (Å²) in [5.74, 6) is 4.81. The molecule has 7 heteroatoms. The minimum Gasteiger partial charge on any atom is -0.324 e. The predicted molar refractivity (Wildman–Crippen MR) is 80.3 cm³/mol. The zero-order chi connectivity index (χ0) is 15.3. The molecule has 1 aromatic carbocycles. The van der Waals surface area contributed by atoms with Crippen molar-refractivity contribution in [3.63, 3.8) is 0 Å². The quantitative estimate of drug-likeness (QED) is 0.815. The van der Waals surface area contributed by atoms with Gasteiger partial charge < -0.3 is 11.1 Å². The minimum absolute atomic E-state index is 0.176. The van der Waals surface area contributed by atoms with Gasteiger partial charge in [-0.3, -0.25) is 4.79 Å². The Kier molecular flexibility index (Phi) is 5.57. The van der Waals surface area contributed by atoms with Crippen LogP contribution in [0.25, 0.3) is 0 Å². The molecule has 0 aliphatic rings. The Morgan fingerprint density at radius 3 is 2.70 bits per heavy atom. The molecule has 1 atom stereocenters. The van der Waals surface area contributed by atoms with Gasteiger partial charge in [0, 0.05) is 16.8 Å². The summed E-state index contributed by atoms with van der Waals surface area (Å²) in [6.45, 7) is 1.50. The van der Waals surface area contributed by atoms with E-state index in [1.807, 2.05) is 0 Å². The van der Waals surface area contributed by atoms with Crippen LogP contribution in [-0.4, -0.2) is 32.4 Å². The van der Waals surface area contributed by atoms with E-state index >= 15 is 0 Å². The summed E-state index contributed by atoms with van der Waals surface area (Å²) >= 11 is 5.86. The van der Waals surface area contributed by atoms with Crippen LogP contribution in [0.4, 0.5) is 5.69 Å². The van der Waals surface area contributed by atoms with Gasteiger partial charge in [0.15, 0.2) is 9.84 Å². The van der Waals surface area contributed by atoms with E-state index in [-0.39, 0.29) is 6.54 Å². The number of hydrogen-bond acceptors (Lipinski definition) is 4. The van der Waals surface area contributed by atoms with Gasteiger partial charge in [0.05, 0.1) is 12.2 Å². The third-order valence-electron chi connectivity index (χ3n) is 2.58. The fourth-order valence-electron chi connectivity index (χ4n) is 1.30. The van der Waals surface area contributed by atoms with E-state index in [4.69, 9.17) is 17.3 Å². The van der Waals surface area contributed by atoms with Gasteiger partial charge in [-0.1, -0.05) is 23.4 Å². The third kappa shape index (κ3) is 4.53. The van der Waals surface area contributed by atoms with E-state index in [0.29, 0.717) is 16.3 Å². The van der Waals surface area contributed by atoms with Crippen LogP contribution in [0.5, 0.6) is 0 Å². The first-order chi connectivity index (χ1) is 9.25. The van der Waals surface area contributed by atoms with E-state index in [0.717, 1.165) is 6.26 Å². The van der Waals surface area contributed by atoms with Crippen LogP contribution >= 0.6 is 11.6 Å². The lowest BCUT2D eigenvalue weighted by Crippen LogP contribution is -2.32. The normalized spacial score (nSPS) is 12.2. The van der Waals surface area contributed by atoms with Crippen LogP contribution in [-0.2, 0) is 14.6 Å². The number of hydrogen-bond donors (Lipinski definition) is 2. The zero-order valence-corrected chi connectivity index (χ0v) is 12.7. The SMILES string of the molecule is CC(C(=O)Nc1cc(Cl)ccc1C#CCN)S(C)(=O)=O. The fourth-order valence-corrected chi connectivity index (χ4v) is 1.92. The Morgan fingerprint density at radius 1 is 1.50 bits per heavy atom. The van der Waals surface area contributed by atoms with Crippen LogP contribution in [0, 0.1) is 11.8 Å². The molecule has 1 aromatic rings. The molecule has 0 heterocycles. The topological polar surface area (TPSA) is 89.3 Å². The summed E-state index contributed by atoms with van der Waals surface area (Å²) in [7, 11) is -3.46. The molecule has 20 heavy (non-hydrogen) atoms. The summed E-state index contributed by atoms with van der Waals surface area (Å²) in [6.07, 6.45) is 1.00. The molecule has 0 saturated heterocycles. The first-order valence-corrected chi connectivity index (χ1v) is 8.07. The maximum atomic E-state index is 11.9. The zero-order valence-electron chi connectivity index (χ0n) is 11.1. The van der Waals surface area contributed by atoms with Crippen molar-refractivity contribution in [3.05, 3.63) is 28.8 Å². The van der Waals surface area contributed by atoms with Crippen molar-refractivity contribution in [2.24, 2.45) is 5.73 Å². The van der Waals surface area contributed by atoms with Crippen molar-refractivity contribution in [1.29, 1.82) is 0 Å². The number of sulfone groups is 1. The van der Waals surface area contributed by atoms with Crippen molar-refractivity contribution in [3.8, 4) is 11.8 Å². The predicted octanol–water partition coefficient (Wildman–Crippen LogP) is 1.02. The van der Waals surface area contributed by atoms with Crippen molar-refractivity contribution in [2.45, 2.75) is 12.2 Å². The van der Waals surface area contributed by atoms with Gasteiger partial charge in [-0.25, -0.2) is 8.42 Å². The molecule has 1 unspecified atom stereocenters. The molecule has 0 spiro atoms. The monoisotopic (exact) mass is 314 g/mol. The Morgan fingerprint density at radius 2 is 2.15 bits per heavy atom. The number of carbonyl (C=O) groups is 1. The molecule has 108 valence electrons. The third-order valence-corrected chi connectivity index (χ3v) is 4.31. The van der Waals surface area contributed by atoms with E-state index in [1.54, 1.807) is 12.1 Å². The lowest BCUT2D eigenvalue weighted by atomic mass is 10.1. The van der Waals surface area contributed by atoms with E-state index in [1.165, 1.54) is 13.0 Å². The molecule has 1 amide bonds. The van der Waals surface area contributed by atoms with Crippen molar-refractivity contribution in [2.75, 3.05) is 18.1 Å². The molecular weight excluding hydrogens is 300 g/mol. The van der Waals surface area contributed by atoms with Crippen molar-refractivity contribution in [1.82, 2.24) is 0 Å². The number of anilines is 1. The largest absolute Gasteiger partial charge is 0.324 e. The number of halogens is 1. The van der Waals surface area contributed by atoms with Gasteiger partial charge in [0.2, 0.25) is 5.91 Å². The molecule has 0 saturated carbocycles. The fraction of sp³-hybridized carbons (Fsp3) is 0.308. The van der Waals surface area contributed by atoms with Gasteiger partial charge in [-0.05, 0) is 25.1 Å². The summed E-state index contributed by atoms with van der Waals surface area (Å²) in [5, 5.41) is 1.77. The first kappa shape index (κ1) is 16.5. The van der Waals surface area contributed by atoms with Gasteiger partial charge in [-0.2, -0.15) is 0 Å². The lowest BCUT2D eigenvalue weighted by molar-refractivity contribution is -0.115. The number of carbonyl (C=O) groups excluding carboxylic acids is 1. The molecule has 1 rings (SSSR count). The highest BCUT2D eigenvalue weighted by Crippen LogP contribution is 2.21.